The van der Waals surface area contributed by atoms with Gasteiger partial charge in [0.25, 0.3) is 0 Å². The van der Waals surface area contributed by atoms with Crippen molar-refractivity contribution in [2.75, 3.05) is 6.54 Å². The summed E-state index contributed by atoms with van der Waals surface area (Å²) < 4.78 is 0. The zero-order chi connectivity index (χ0) is 13.6. The Morgan fingerprint density at radius 1 is 1.29 bits per heavy atom. The molecule has 0 aliphatic carbocycles. The van der Waals surface area contributed by atoms with E-state index in [-0.39, 0.29) is 5.41 Å². The highest BCUT2D eigenvalue weighted by molar-refractivity contribution is 5.82. The molecule has 0 spiro atoms. The van der Waals surface area contributed by atoms with E-state index in [1.54, 1.807) is 0 Å². The van der Waals surface area contributed by atoms with Crippen LogP contribution >= 0.6 is 0 Å². The normalized spacial score (nSPS) is 14.9. The molecule has 0 aromatic heterocycles. The molecule has 0 aromatic carbocycles. The average Bonchev–Trinajstić information content (AvgIpc) is 2.10. The van der Waals surface area contributed by atoms with Gasteiger partial charge in [-0.25, -0.2) is 9.59 Å². The molecule has 6 nitrogen and oxygen atoms in total. The Balaban J connectivity index is 4.04. The fourth-order valence-corrected chi connectivity index (χ4v) is 1.13. The number of aliphatic carboxylic acids is 1. The molecule has 100 valence electrons. The molecule has 0 radical (unpaired) electrons. The lowest BCUT2D eigenvalue weighted by Crippen LogP contribution is -2.51. The third-order valence-corrected chi connectivity index (χ3v) is 2.20. The molecule has 4 N–H and O–H groups in total. The molecular formula is C11H22N2O4. The van der Waals surface area contributed by atoms with Gasteiger partial charge in [-0.15, -0.1) is 0 Å². The first kappa shape index (κ1) is 15.7. The van der Waals surface area contributed by atoms with E-state index in [4.69, 9.17) is 10.2 Å². The monoisotopic (exact) mass is 246 g/mol. The van der Waals surface area contributed by atoms with Crippen LogP contribution in [0.5, 0.6) is 0 Å². The fraction of sp³-hybridized carbons (Fsp3) is 0.818. The van der Waals surface area contributed by atoms with E-state index in [9.17, 15) is 9.59 Å². The van der Waals surface area contributed by atoms with E-state index in [1.165, 1.54) is 6.92 Å². The maximum Gasteiger partial charge on any atom is 0.328 e. The Bertz CT molecular complexity index is 271. The molecule has 0 aliphatic rings. The van der Waals surface area contributed by atoms with Gasteiger partial charge in [-0.05, 0) is 18.8 Å². The minimum Gasteiger partial charge on any atom is -0.480 e. The van der Waals surface area contributed by atoms with Crippen LogP contribution in [-0.4, -0.2) is 40.9 Å². The Labute approximate surface area is 101 Å². The van der Waals surface area contributed by atoms with Crippen molar-refractivity contribution in [2.45, 2.75) is 46.3 Å². The van der Waals surface area contributed by atoms with Crippen LogP contribution in [0.2, 0.25) is 0 Å². The number of amides is 2. The summed E-state index contributed by atoms with van der Waals surface area (Å²) in [5.74, 6) is -1.26. The second-order valence-electron chi connectivity index (χ2n) is 5.27. The minimum absolute atomic E-state index is 0.101. The van der Waals surface area contributed by atoms with E-state index in [0.29, 0.717) is 6.54 Å². The Hall–Kier alpha value is -1.30. The number of carboxylic acid groups (broad SMARTS) is 1. The van der Waals surface area contributed by atoms with Gasteiger partial charge in [0, 0.05) is 6.54 Å². The van der Waals surface area contributed by atoms with E-state index in [2.05, 4.69) is 10.6 Å². The molecular weight excluding hydrogens is 224 g/mol. The largest absolute Gasteiger partial charge is 0.480 e. The van der Waals surface area contributed by atoms with Crippen LogP contribution in [0.15, 0.2) is 0 Å². The lowest BCUT2D eigenvalue weighted by Gasteiger charge is -2.20. The van der Waals surface area contributed by atoms with E-state index >= 15 is 0 Å². The maximum atomic E-state index is 11.4. The number of carbonyl (C=O) groups excluding carboxylic acids is 1. The van der Waals surface area contributed by atoms with Crippen LogP contribution in [0, 0.1) is 5.41 Å². The smallest absolute Gasteiger partial charge is 0.328 e. The first-order chi connectivity index (χ1) is 7.63. The molecule has 6 heteroatoms. The number of rotatable bonds is 5. The van der Waals surface area contributed by atoms with E-state index in [1.807, 2.05) is 20.8 Å². The summed E-state index contributed by atoms with van der Waals surface area (Å²) in [7, 11) is 0. The SMILES string of the molecule is CC(O)C(NC(=O)NCCC(C)(C)C)C(=O)O. The molecule has 0 saturated carbocycles. The van der Waals surface area contributed by atoms with Gasteiger partial charge in [0.15, 0.2) is 6.04 Å². The van der Waals surface area contributed by atoms with Crippen molar-refractivity contribution in [1.82, 2.24) is 10.6 Å². The third kappa shape index (κ3) is 7.57. The average molecular weight is 246 g/mol. The number of hydrogen-bond acceptors (Lipinski definition) is 3. The molecule has 0 aliphatic heterocycles. The topological polar surface area (TPSA) is 98.7 Å². The summed E-state index contributed by atoms with van der Waals surface area (Å²) in [6.45, 7) is 7.91. The van der Waals surface area contributed by atoms with Crippen molar-refractivity contribution in [3.63, 3.8) is 0 Å². The summed E-state index contributed by atoms with van der Waals surface area (Å²) in [6, 6.07) is -1.87. The molecule has 0 saturated heterocycles. The molecule has 0 heterocycles. The number of hydrogen-bond donors (Lipinski definition) is 4. The lowest BCUT2D eigenvalue weighted by molar-refractivity contribution is -0.141. The van der Waals surface area contributed by atoms with Crippen molar-refractivity contribution in [3.05, 3.63) is 0 Å². The van der Waals surface area contributed by atoms with Crippen LogP contribution in [0.25, 0.3) is 0 Å². The second-order valence-corrected chi connectivity index (χ2v) is 5.27. The van der Waals surface area contributed by atoms with Gasteiger partial charge in [0.05, 0.1) is 6.10 Å². The number of carboxylic acids is 1. The second kappa shape index (κ2) is 6.44. The fourth-order valence-electron chi connectivity index (χ4n) is 1.13. The van der Waals surface area contributed by atoms with E-state index in [0.717, 1.165) is 6.42 Å². The zero-order valence-electron chi connectivity index (χ0n) is 10.8. The number of urea groups is 1. The van der Waals surface area contributed by atoms with Gasteiger partial charge in [-0.3, -0.25) is 0 Å². The van der Waals surface area contributed by atoms with Crippen LogP contribution in [0.1, 0.15) is 34.1 Å². The first-order valence-corrected chi connectivity index (χ1v) is 5.59. The molecule has 0 rings (SSSR count). The molecule has 2 unspecified atom stereocenters. The highest BCUT2D eigenvalue weighted by Crippen LogP contribution is 2.16. The van der Waals surface area contributed by atoms with Crippen molar-refractivity contribution in [1.29, 1.82) is 0 Å². The Morgan fingerprint density at radius 3 is 2.18 bits per heavy atom. The van der Waals surface area contributed by atoms with Gasteiger partial charge in [-0.2, -0.15) is 0 Å². The highest BCUT2D eigenvalue weighted by Gasteiger charge is 2.24. The van der Waals surface area contributed by atoms with Crippen LogP contribution in [0.3, 0.4) is 0 Å². The quantitative estimate of drug-likeness (QED) is 0.569. The molecule has 2 amide bonds. The molecule has 2 atom stereocenters. The third-order valence-electron chi connectivity index (χ3n) is 2.20. The van der Waals surface area contributed by atoms with Crippen molar-refractivity contribution < 1.29 is 19.8 Å². The Kier molecular flexibility index (Phi) is 5.95. The number of aliphatic hydroxyl groups excluding tert-OH is 1. The van der Waals surface area contributed by atoms with Crippen molar-refractivity contribution in [3.8, 4) is 0 Å². The first-order valence-electron chi connectivity index (χ1n) is 5.59. The predicted octanol–water partition coefficient (Wildman–Crippen LogP) is 0.556. The van der Waals surface area contributed by atoms with Gasteiger partial charge in [-0.1, -0.05) is 20.8 Å². The molecule has 0 aromatic rings. The maximum absolute atomic E-state index is 11.4. The summed E-state index contributed by atoms with van der Waals surface area (Å²) >= 11 is 0. The van der Waals surface area contributed by atoms with Crippen molar-refractivity contribution in [2.24, 2.45) is 5.41 Å². The van der Waals surface area contributed by atoms with Crippen LogP contribution in [0.4, 0.5) is 4.79 Å². The van der Waals surface area contributed by atoms with Crippen LogP contribution in [-0.2, 0) is 4.79 Å². The van der Waals surface area contributed by atoms with Crippen LogP contribution < -0.4 is 10.6 Å². The lowest BCUT2D eigenvalue weighted by atomic mass is 9.92. The Morgan fingerprint density at radius 2 is 1.82 bits per heavy atom. The van der Waals surface area contributed by atoms with Gasteiger partial charge in [0.1, 0.15) is 0 Å². The summed E-state index contributed by atoms with van der Waals surface area (Å²) in [5, 5.41) is 22.7. The standard InChI is InChI=1S/C11H22N2O4/c1-7(14)8(9(15)16)13-10(17)12-6-5-11(2,3)4/h7-8,14H,5-6H2,1-4H3,(H,15,16)(H2,12,13,17). The number of carbonyl (C=O) groups is 2. The molecule has 17 heavy (non-hydrogen) atoms. The van der Waals surface area contributed by atoms with E-state index < -0.39 is 24.1 Å². The summed E-state index contributed by atoms with van der Waals surface area (Å²) in [5.41, 5.74) is 0.101. The minimum atomic E-state index is -1.29. The van der Waals surface area contributed by atoms with Gasteiger partial charge in [0.2, 0.25) is 0 Å². The summed E-state index contributed by atoms with van der Waals surface area (Å²) in [4.78, 5) is 22.1. The number of nitrogens with one attached hydrogen (secondary N) is 2. The number of aliphatic hydroxyl groups is 1. The zero-order valence-corrected chi connectivity index (χ0v) is 10.8. The predicted molar refractivity (Wildman–Crippen MR) is 63.7 cm³/mol. The van der Waals surface area contributed by atoms with Crippen molar-refractivity contribution >= 4 is 12.0 Å². The molecule has 0 bridgehead atoms. The van der Waals surface area contributed by atoms with Gasteiger partial charge >= 0.3 is 12.0 Å². The molecule has 0 fully saturated rings. The highest BCUT2D eigenvalue weighted by atomic mass is 16.4. The van der Waals surface area contributed by atoms with Gasteiger partial charge < -0.3 is 20.8 Å². The summed E-state index contributed by atoms with van der Waals surface area (Å²) in [6.07, 6.45) is -0.354.